The first-order valence-corrected chi connectivity index (χ1v) is 39.7. The van der Waals surface area contributed by atoms with Crippen LogP contribution in [0.1, 0.15) is 61.9 Å². The molecule has 6 aromatic carbocycles. The first kappa shape index (κ1) is 78.6. The van der Waals surface area contributed by atoms with Crippen molar-refractivity contribution in [3.8, 4) is 5.88 Å². The maximum absolute atomic E-state index is 14.1. The predicted molar refractivity (Wildman–Crippen MR) is 428 cm³/mol. The van der Waals surface area contributed by atoms with Crippen molar-refractivity contribution in [3.63, 3.8) is 0 Å². The highest BCUT2D eigenvalue weighted by Crippen LogP contribution is 2.33. The fraction of sp³-hybridized carbons (Fsp3) is 0.297. The van der Waals surface area contributed by atoms with Crippen LogP contribution in [0.4, 0.5) is 48.3 Å². The number of ether oxygens (including phenoxy) is 1. The van der Waals surface area contributed by atoms with Crippen LogP contribution in [0.15, 0.2) is 203 Å². The van der Waals surface area contributed by atoms with E-state index in [1.165, 1.54) is 67.6 Å². The molecule has 3 amide bonds. The Labute approximate surface area is 647 Å². The Morgan fingerprint density at radius 1 is 0.685 bits per heavy atom. The second-order valence-corrected chi connectivity index (χ2v) is 31.1. The molecule has 10 aromatic rings. The van der Waals surface area contributed by atoms with Gasteiger partial charge < -0.3 is 59.0 Å². The number of aryl methyl sites for hydroxylation is 1. The van der Waals surface area contributed by atoms with E-state index in [-0.39, 0.29) is 73.4 Å². The number of nitrogen functional groups attached to an aromatic ring is 1. The van der Waals surface area contributed by atoms with Crippen LogP contribution in [0.5, 0.6) is 5.88 Å². The number of rotatable bonds is 17. The molecule has 8 heterocycles. The van der Waals surface area contributed by atoms with Crippen molar-refractivity contribution in [3.05, 3.63) is 216 Å². The number of amides is 3. The number of thiazole rings is 1. The summed E-state index contributed by atoms with van der Waals surface area (Å²) in [4.78, 5) is 72.6. The second-order valence-electron chi connectivity index (χ2n) is 25.5. The molecule has 0 saturated carbocycles. The largest absolute Gasteiger partial charge is 0.768 e. The Morgan fingerprint density at radius 2 is 1.31 bits per heavy atom. The molecule has 34 heteroatoms. The van der Waals surface area contributed by atoms with Gasteiger partial charge in [-0.1, -0.05) is 35.9 Å². The van der Waals surface area contributed by atoms with Gasteiger partial charge in [0.2, 0.25) is 17.7 Å². The second kappa shape index (κ2) is 35.5. The Hall–Kier alpha value is -10.4. The van der Waals surface area contributed by atoms with Crippen molar-refractivity contribution in [2.24, 2.45) is 0 Å². The highest BCUT2D eigenvalue weighted by Gasteiger charge is 2.35. The van der Waals surface area contributed by atoms with E-state index in [1.54, 1.807) is 138 Å². The molecule has 1 unspecified atom stereocenters. The minimum atomic E-state index is -3.77. The van der Waals surface area contributed by atoms with E-state index >= 15 is 0 Å². The van der Waals surface area contributed by atoms with Crippen LogP contribution in [0, 0.1) is 11.6 Å². The van der Waals surface area contributed by atoms with Gasteiger partial charge in [-0.3, -0.25) is 28.0 Å². The van der Waals surface area contributed by atoms with Gasteiger partial charge in [-0.15, -0.1) is 11.3 Å². The van der Waals surface area contributed by atoms with E-state index in [0.717, 1.165) is 47.7 Å². The van der Waals surface area contributed by atoms with Gasteiger partial charge in [-0.25, -0.2) is 50.5 Å². The van der Waals surface area contributed by atoms with Crippen LogP contribution in [0.25, 0.3) is 10.9 Å². The SMILES string of the molecule is COc1cc(N)ncn1.C[C@@H]1CN(c2ccc(S(=O)(=O)Nc3nccs3)cc2)CCN1C(=O)[C@@H](C)n1ccc2c(F)cccc21.C[C@H](C(=O)N1CCN(c2ccc(S(=O)[O-])cc2)CC1)N1CCCc2cc(F)ccc21.O=C([C@H](O)c1ccccc1Cl)N1CCN(c2ccc(S(=O)(=O)Nc3ccncn3)cc2)CC1.[HH].[HH].[HH].[HH].[HH].[HH].[HH].[HH]. The first-order chi connectivity index (χ1) is 51.9. The van der Waals surface area contributed by atoms with Gasteiger partial charge >= 0.3 is 0 Å². The molecule has 3 fully saturated rings. The number of aliphatic hydroxyl groups is 1. The molecule has 0 bridgehead atoms. The molecule has 0 spiro atoms. The molecule has 5 atom stereocenters. The third-order valence-electron chi connectivity index (χ3n) is 18.8. The number of nitrogens with zero attached hydrogens (tertiary/aromatic N) is 13. The highest BCUT2D eigenvalue weighted by molar-refractivity contribution is 7.93. The number of aromatic nitrogens is 6. The lowest BCUT2D eigenvalue weighted by Crippen LogP contribution is -2.55. The highest BCUT2D eigenvalue weighted by atomic mass is 35.5. The van der Waals surface area contributed by atoms with Crippen molar-refractivity contribution in [1.29, 1.82) is 0 Å². The Morgan fingerprint density at radius 3 is 1.89 bits per heavy atom. The first-order valence-electron chi connectivity index (χ1n) is 34.4. The molecule has 4 aromatic heterocycles. The molecule has 4 aliphatic heterocycles. The molecule has 27 nitrogen and oxygen atoms in total. The summed E-state index contributed by atoms with van der Waals surface area (Å²) in [6.45, 7) is 12.9. The quantitative estimate of drug-likeness (QED) is 0.0615. The lowest BCUT2D eigenvalue weighted by atomic mass is 9.99. The lowest BCUT2D eigenvalue weighted by Gasteiger charge is -2.42. The summed E-state index contributed by atoms with van der Waals surface area (Å²) in [6.07, 6.45) is 7.80. The molecular formula is C74H96ClF2N16O11S4-. The Bertz CT molecular complexity index is 5040. The maximum atomic E-state index is 14.1. The average molecular weight is 1590 g/mol. The minimum absolute atomic E-state index is 0. The number of sulfonamides is 2. The van der Waals surface area contributed by atoms with Gasteiger partial charge in [0.05, 0.1) is 22.4 Å². The van der Waals surface area contributed by atoms with E-state index < -0.39 is 43.3 Å². The van der Waals surface area contributed by atoms with Gasteiger partial charge in [-0.2, -0.15) is 0 Å². The van der Waals surface area contributed by atoms with E-state index in [0.29, 0.717) is 110 Å². The van der Waals surface area contributed by atoms with Gasteiger partial charge in [0.25, 0.3) is 26.0 Å². The summed E-state index contributed by atoms with van der Waals surface area (Å²) in [5.41, 5.74) is 11.0. The predicted octanol–water partition coefficient (Wildman–Crippen LogP) is 11.2. The summed E-state index contributed by atoms with van der Waals surface area (Å²) in [5, 5.41) is 13.3. The van der Waals surface area contributed by atoms with Crippen LogP contribution >= 0.6 is 22.9 Å². The number of carbonyl (C=O) groups is 3. The van der Waals surface area contributed by atoms with Gasteiger partial charge in [0, 0.05) is 170 Å². The molecule has 0 aliphatic carbocycles. The van der Waals surface area contributed by atoms with E-state index in [9.17, 15) is 53.9 Å². The number of hydrogen-bond acceptors (Lipinski definition) is 22. The van der Waals surface area contributed by atoms with Crippen molar-refractivity contribution in [2.45, 2.75) is 72.5 Å². The standard InChI is InChI=1S/C25H26FN5O3S2.C22H22ClN5O4S.C22H26FN3O3S.C5H7N3O.8H2/c1-17-16-29(19-6-8-20(9-7-19)36(33,34)28-25-27-11-15-35-25)13-14-30(17)24(32)18(2)31-12-10-21-22(26)4-3-5-23(21)31;23-19-4-2-1-3-18(19)21(29)22(30)28-13-11-27(12-14-28)16-5-7-17(8-6-16)33(31,32)26-20-9-10-24-15-25-20;1-16(26-10-2-3-17-15-18(23)4-9-21(17)26)22(27)25-13-11-24(12-14-25)19-5-7-20(8-6-19)30(28)29;1-9-5-2-4(6)7-3-8-5;;;;;;;;/h3-12,15,17-18H,13-14,16H2,1-2H3,(H,27,28);1-10,15,21,29H,11-14H2,(H,24,25,26);4-9,15-16H,2-3,10-14H2,1H3,(H,28,29);2-3H,1H3,(H2,6,7,8);8*1H/p-1/t17-,18-;21-;16-;;;;;;;;;/m111........./s1. The molecule has 3 saturated heterocycles. The summed E-state index contributed by atoms with van der Waals surface area (Å²) >= 11 is 5.09. The number of benzene rings is 6. The molecule has 0 radical (unpaired) electrons. The number of nitrogens with one attached hydrogen (secondary N) is 2. The van der Waals surface area contributed by atoms with Crippen LogP contribution in [0.3, 0.4) is 0 Å². The number of nitrogens with two attached hydrogens (primary N) is 1. The normalized spacial score (nSPS) is 16.4. The monoisotopic (exact) mass is 1590 g/mol. The number of piperazine rings is 3. The van der Waals surface area contributed by atoms with Crippen LogP contribution in [0.2, 0.25) is 5.02 Å². The minimum Gasteiger partial charge on any atom is -0.768 e. The number of hydrogen-bond donors (Lipinski definition) is 4. The molecule has 14 rings (SSSR count). The number of methoxy groups -OCH3 is 1. The van der Waals surface area contributed by atoms with Gasteiger partial charge in [-0.05, 0) is 172 Å². The number of halogens is 3. The zero-order valence-corrected chi connectivity index (χ0v) is 63.3. The average Bonchev–Trinajstić information content (AvgIpc) is 1.68. The number of anilines is 7. The fourth-order valence-corrected chi connectivity index (χ4v) is 16.4. The molecule has 5 N–H and O–H groups in total. The third kappa shape index (κ3) is 19.3. The zero-order chi connectivity index (χ0) is 76.8. The number of aliphatic hydroxyl groups excluding tert-OH is 1. The van der Waals surface area contributed by atoms with Crippen LogP contribution < -0.4 is 39.5 Å². The molecular weight excluding hydrogens is 1490 g/mol. The number of fused-ring (bicyclic) bond motifs is 2. The van der Waals surface area contributed by atoms with Gasteiger partial charge in [0.1, 0.15) is 48.0 Å². The fourth-order valence-electron chi connectivity index (χ4n) is 13.0. The van der Waals surface area contributed by atoms with Crippen molar-refractivity contribution in [2.75, 3.05) is 120 Å². The molecule has 584 valence electrons. The topological polar surface area (TPSA) is 331 Å². The maximum Gasteiger partial charge on any atom is 0.263 e. The van der Waals surface area contributed by atoms with E-state index in [4.69, 9.17) is 22.1 Å². The van der Waals surface area contributed by atoms with Crippen molar-refractivity contribution in [1.82, 2.24) is 44.2 Å². The zero-order valence-electron chi connectivity index (χ0n) is 59.3. The van der Waals surface area contributed by atoms with E-state index in [1.807, 2.05) is 41.2 Å². The molecule has 4 aliphatic rings. The van der Waals surface area contributed by atoms with Gasteiger partial charge in [0.15, 0.2) is 11.2 Å². The van der Waals surface area contributed by atoms with Crippen LogP contribution in [-0.4, -0.2) is 190 Å². The third-order valence-corrected chi connectivity index (χ3v) is 23.3. The lowest BCUT2D eigenvalue weighted by molar-refractivity contribution is -0.141. The number of carbonyl (C=O) groups excluding carboxylic acids is 3. The summed E-state index contributed by atoms with van der Waals surface area (Å²) < 4.78 is 111. The van der Waals surface area contributed by atoms with Crippen molar-refractivity contribution < 1.29 is 70.0 Å². The smallest absolute Gasteiger partial charge is 0.263 e. The van der Waals surface area contributed by atoms with Crippen LogP contribution in [-0.2, 0) is 51.9 Å². The Kier molecular flexibility index (Phi) is 25.9. The van der Waals surface area contributed by atoms with E-state index in [2.05, 4.69) is 54.0 Å². The summed E-state index contributed by atoms with van der Waals surface area (Å²) in [7, 11) is -5.95. The Balaban J connectivity index is 0.000000413. The molecule has 108 heavy (non-hydrogen) atoms. The summed E-state index contributed by atoms with van der Waals surface area (Å²) in [5.74, 6) is 0.242. The summed E-state index contributed by atoms with van der Waals surface area (Å²) in [6, 6.07) is 40.4. The van der Waals surface area contributed by atoms with Crippen molar-refractivity contribution >= 4 is 122 Å².